The van der Waals surface area contributed by atoms with Crippen molar-refractivity contribution in [3.63, 3.8) is 0 Å². The van der Waals surface area contributed by atoms with E-state index in [2.05, 4.69) is 135 Å². The van der Waals surface area contributed by atoms with Gasteiger partial charge in [-0.1, -0.05) is 135 Å². The fourth-order valence-electron chi connectivity index (χ4n) is 5.04. The summed E-state index contributed by atoms with van der Waals surface area (Å²) in [7, 11) is -1.11. The van der Waals surface area contributed by atoms with Crippen molar-refractivity contribution in [1.82, 2.24) is 0 Å². The molecule has 4 aromatic carbocycles. The van der Waals surface area contributed by atoms with E-state index in [4.69, 9.17) is 0 Å². The quantitative estimate of drug-likeness (QED) is 0.245. The van der Waals surface area contributed by atoms with E-state index in [1.807, 2.05) is 0 Å². The first kappa shape index (κ1) is 22.5. The first-order valence-electron chi connectivity index (χ1n) is 11.9. The maximum Gasteiger partial charge on any atom is 0.0208 e. The van der Waals surface area contributed by atoms with Gasteiger partial charge < -0.3 is 0 Å². The molecule has 5 rings (SSSR count). The zero-order valence-electron chi connectivity index (χ0n) is 19.5. The minimum Gasteiger partial charge on any atom is -0.0622 e. The molecule has 0 aliphatic heterocycles. The van der Waals surface area contributed by atoms with Crippen molar-refractivity contribution in [2.75, 3.05) is 0 Å². The second-order valence-electron chi connectivity index (χ2n) is 9.55. The van der Waals surface area contributed by atoms with Crippen LogP contribution in [0.5, 0.6) is 0 Å². The van der Waals surface area contributed by atoms with Crippen LogP contribution in [-0.2, 0) is 0 Å². The molecule has 0 bridgehead atoms. The molecular formula is C31H32P2. The maximum atomic E-state index is 2.57. The molecule has 0 atom stereocenters. The molecule has 0 heterocycles. The fraction of sp³-hybridized carbons (Fsp3) is 0.226. The van der Waals surface area contributed by atoms with Gasteiger partial charge in [-0.05, 0) is 61.2 Å². The van der Waals surface area contributed by atoms with Gasteiger partial charge in [0.15, 0.2) is 0 Å². The second kappa shape index (κ2) is 9.93. The molecule has 1 saturated carbocycles. The van der Waals surface area contributed by atoms with Crippen molar-refractivity contribution in [1.29, 1.82) is 0 Å². The van der Waals surface area contributed by atoms with Crippen molar-refractivity contribution in [3.8, 4) is 0 Å². The van der Waals surface area contributed by atoms with Crippen molar-refractivity contribution < 1.29 is 0 Å². The summed E-state index contributed by atoms with van der Waals surface area (Å²) in [5, 5.41) is 6.53. The Kier molecular flexibility index (Phi) is 6.78. The highest BCUT2D eigenvalue weighted by Gasteiger charge is 2.50. The molecule has 1 aliphatic carbocycles. The first-order chi connectivity index (χ1) is 16.2. The molecule has 0 spiro atoms. The van der Waals surface area contributed by atoms with Crippen LogP contribution < -0.4 is 21.2 Å². The number of hydrogen-bond donors (Lipinski definition) is 0. The average Bonchev–Trinajstić information content (AvgIpc) is 3.73. The Labute approximate surface area is 201 Å². The maximum absolute atomic E-state index is 2.57. The third-order valence-corrected chi connectivity index (χ3v) is 14.0. The third kappa shape index (κ3) is 4.84. The molecule has 166 valence electrons. The summed E-state index contributed by atoms with van der Waals surface area (Å²) >= 11 is 0. The third-order valence-electron chi connectivity index (χ3n) is 6.92. The van der Waals surface area contributed by atoms with E-state index in [0.717, 1.165) is 5.92 Å². The summed E-state index contributed by atoms with van der Waals surface area (Å²) in [6, 6.07) is 45.4. The normalized spacial score (nSPS) is 14.2. The van der Waals surface area contributed by atoms with Crippen LogP contribution in [0.15, 0.2) is 121 Å². The van der Waals surface area contributed by atoms with E-state index in [0.29, 0.717) is 5.40 Å². The summed E-state index contributed by atoms with van der Waals surface area (Å²) in [6.07, 6.45) is 2.73. The predicted octanol–water partition coefficient (Wildman–Crippen LogP) is 7.01. The average molecular weight is 467 g/mol. The van der Waals surface area contributed by atoms with Gasteiger partial charge in [-0.2, -0.15) is 0 Å². The van der Waals surface area contributed by atoms with Gasteiger partial charge in [0, 0.05) is 5.40 Å². The summed E-state index contributed by atoms with van der Waals surface area (Å²) < 4.78 is 0. The molecule has 0 saturated heterocycles. The number of rotatable bonds is 8. The summed E-state index contributed by atoms with van der Waals surface area (Å²) in [4.78, 5) is 0. The lowest BCUT2D eigenvalue weighted by Crippen LogP contribution is -2.38. The highest BCUT2D eigenvalue weighted by Crippen LogP contribution is 2.67. The zero-order valence-corrected chi connectivity index (χ0v) is 21.3. The topological polar surface area (TPSA) is 0 Å². The van der Waals surface area contributed by atoms with Crippen LogP contribution in [0.3, 0.4) is 0 Å². The Balaban J connectivity index is 1.76. The van der Waals surface area contributed by atoms with E-state index in [9.17, 15) is 0 Å². The molecule has 0 amide bonds. The van der Waals surface area contributed by atoms with Crippen LogP contribution in [0.2, 0.25) is 0 Å². The molecule has 1 aliphatic rings. The minimum absolute atomic E-state index is 0.245. The van der Waals surface area contributed by atoms with Crippen LogP contribution >= 0.6 is 15.8 Å². The lowest BCUT2D eigenvalue weighted by molar-refractivity contribution is 0.340. The monoisotopic (exact) mass is 466 g/mol. The molecule has 0 nitrogen and oxygen atoms in total. The highest BCUT2D eigenvalue weighted by atomic mass is 31.2. The van der Waals surface area contributed by atoms with Gasteiger partial charge in [0.25, 0.3) is 0 Å². The van der Waals surface area contributed by atoms with Gasteiger partial charge in [-0.15, -0.1) is 0 Å². The molecule has 2 heteroatoms. The SMILES string of the molecule is CC(C)(C1CC1)C(P(c1ccccc1)c1ccccc1)P(c1ccccc1)c1ccccc1. The Morgan fingerprint density at radius 2 is 0.788 bits per heavy atom. The fourth-order valence-corrected chi connectivity index (χ4v) is 13.0. The number of hydrogen-bond acceptors (Lipinski definition) is 0. The van der Waals surface area contributed by atoms with Crippen LogP contribution in [0, 0.1) is 11.3 Å². The van der Waals surface area contributed by atoms with E-state index < -0.39 is 15.8 Å². The molecule has 0 aromatic heterocycles. The summed E-state index contributed by atoms with van der Waals surface area (Å²) in [5.74, 6) is 0.803. The first-order valence-corrected chi connectivity index (χ1v) is 14.8. The Morgan fingerprint density at radius 3 is 1.03 bits per heavy atom. The van der Waals surface area contributed by atoms with Gasteiger partial charge in [0.05, 0.1) is 0 Å². The van der Waals surface area contributed by atoms with Gasteiger partial charge in [-0.25, -0.2) is 0 Å². The molecule has 4 aromatic rings. The Morgan fingerprint density at radius 1 is 0.515 bits per heavy atom. The lowest BCUT2D eigenvalue weighted by Gasteiger charge is -2.46. The molecule has 33 heavy (non-hydrogen) atoms. The van der Waals surface area contributed by atoms with E-state index in [1.165, 1.54) is 34.1 Å². The zero-order chi connectivity index (χ0) is 22.7. The van der Waals surface area contributed by atoms with Crippen molar-refractivity contribution >= 4 is 37.1 Å². The van der Waals surface area contributed by atoms with E-state index >= 15 is 0 Å². The molecule has 0 N–H and O–H groups in total. The molecule has 1 fully saturated rings. The molecule has 0 unspecified atom stereocenters. The van der Waals surface area contributed by atoms with Crippen LogP contribution in [-0.4, -0.2) is 5.40 Å². The van der Waals surface area contributed by atoms with Gasteiger partial charge in [-0.3, -0.25) is 0 Å². The van der Waals surface area contributed by atoms with Crippen LogP contribution in [0.4, 0.5) is 0 Å². The highest BCUT2D eigenvalue weighted by molar-refractivity contribution is 7.89. The lowest BCUT2D eigenvalue weighted by atomic mass is 9.89. The van der Waals surface area contributed by atoms with Gasteiger partial charge >= 0.3 is 0 Å². The second-order valence-corrected chi connectivity index (χ2v) is 14.5. The Hall–Kier alpha value is -2.26. The Bertz CT molecular complexity index is 975. The van der Waals surface area contributed by atoms with Gasteiger partial charge in [0.1, 0.15) is 0 Å². The molecular weight excluding hydrogens is 434 g/mol. The summed E-state index contributed by atoms with van der Waals surface area (Å²) in [6.45, 7) is 5.13. The number of benzene rings is 4. The van der Waals surface area contributed by atoms with E-state index in [1.54, 1.807) is 0 Å². The van der Waals surface area contributed by atoms with Crippen molar-refractivity contribution in [2.24, 2.45) is 11.3 Å². The largest absolute Gasteiger partial charge is 0.0622 e. The molecule has 0 radical (unpaired) electrons. The predicted molar refractivity (Wildman–Crippen MR) is 148 cm³/mol. The van der Waals surface area contributed by atoms with Crippen LogP contribution in [0.1, 0.15) is 26.7 Å². The van der Waals surface area contributed by atoms with E-state index in [-0.39, 0.29) is 5.41 Å². The summed E-state index contributed by atoms with van der Waals surface area (Å²) in [5.41, 5.74) is 0.245. The van der Waals surface area contributed by atoms with Crippen molar-refractivity contribution in [2.45, 2.75) is 32.1 Å². The standard InChI is InChI=1S/C31H32P2/c1-31(2,25-23-24-25)30(32(26-15-7-3-8-16-26)27-17-9-4-10-18-27)33(28-19-11-5-12-20-28)29-21-13-6-14-22-29/h3-22,25,30H,23-24H2,1-2H3. The van der Waals surface area contributed by atoms with Crippen molar-refractivity contribution in [3.05, 3.63) is 121 Å². The smallest absolute Gasteiger partial charge is 0.0208 e. The van der Waals surface area contributed by atoms with Crippen LogP contribution in [0.25, 0.3) is 0 Å². The van der Waals surface area contributed by atoms with Gasteiger partial charge in [0.2, 0.25) is 0 Å². The minimum atomic E-state index is -0.553.